The molecular weight excluding hydrogens is 302 g/mol. The van der Waals surface area contributed by atoms with Crippen LogP contribution in [0.1, 0.15) is 52.1 Å². The number of carbonyl (C=O) groups is 1. The number of nitrogens with two attached hydrogens (primary N) is 1. The van der Waals surface area contributed by atoms with Crippen LogP contribution in [0.15, 0.2) is 10.5 Å². The summed E-state index contributed by atoms with van der Waals surface area (Å²) in [6.07, 6.45) is 3.93. The number of carboxylic acids is 1. The Balaban J connectivity index is 1.97. The molecule has 1 aromatic heterocycles. The van der Waals surface area contributed by atoms with Gasteiger partial charge in [-0.25, -0.2) is 9.78 Å². The van der Waals surface area contributed by atoms with Crippen LogP contribution in [0.25, 0.3) is 0 Å². The van der Waals surface area contributed by atoms with Gasteiger partial charge >= 0.3 is 5.97 Å². The maximum atomic E-state index is 11.3. The van der Waals surface area contributed by atoms with E-state index in [2.05, 4.69) is 30.9 Å². The Morgan fingerprint density at radius 3 is 2.50 bits per heavy atom. The lowest BCUT2D eigenvalue weighted by atomic mass is 9.72. The molecule has 1 aliphatic rings. The van der Waals surface area contributed by atoms with Crippen molar-refractivity contribution in [2.45, 2.75) is 52.6 Å². The zero-order valence-electron chi connectivity index (χ0n) is 13.2. The second kappa shape index (κ2) is 6.64. The molecule has 1 fully saturated rings. The van der Waals surface area contributed by atoms with Gasteiger partial charge < -0.3 is 15.7 Å². The van der Waals surface area contributed by atoms with Gasteiger partial charge in [0.15, 0.2) is 5.13 Å². The number of nitrogen functional groups attached to an aromatic ring is 1. The first-order valence-corrected chi connectivity index (χ1v) is 8.34. The highest BCUT2D eigenvalue weighted by atomic mass is 32.1. The summed E-state index contributed by atoms with van der Waals surface area (Å²) in [6, 6.07) is 0. The van der Waals surface area contributed by atoms with Gasteiger partial charge in [0.2, 0.25) is 5.71 Å². The molecule has 0 amide bonds. The quantitative estimate of drug-likeness (QED) is 0.654. The smallest absolute Gasteiger partial charge is 0.360 e. The first kappa shape index (κ1) is 16.7. The zero-order valence-corrected chi connectivity index (χ0v) is 14.0. The molecule has 6 nitrogen and oxygen atoms in total. The Morgan fingerprint density at radius 2 is 2.05 bits per heavy atom. The third-order valence-electron chi connectivity index (χ3n) is 4.16. The van der Waals surface area contributed by atoms with Crippen LogP contribution in [0.2, 0.25) is 0 Å². The van der Waals surface area contributed by atoms with E-state index in [1.54, 1.807) is 5.38 Å². The van der Waals surface area contributed by atoms with Crippen molar-refractivity contribution < 1.29 is 14.7 Å². The average molecular weight is 325 g/mol. The van der Waals surface area contributed by atoms with Crippen molar-refractivity contribution in [1.29, 1.82) is 0 Å². The minimum Gasteiger partial charge on any atom is -0.476 e. The Hall–Kier alpha value is -1.63. The van der Waals surface area contributed by atoms with Crippen molar-refractivity contribution >= 4 is 28.1 Å². The Labute approximate surface area is 134 Å². The molecule has 3 N–H and O–H groups in total. The van der Waals surface area contributed by atoms with Gasteiger partial charge in [-0.2, -0.15) is 0 Å². The lowest BCUT2D eigenvalue weighted by Gasteiger charge is -2.36. The van der Waals surface area contributed by atoms with Crippen LogP contribution in [0.5, 0.6) is 0 Å². The number of aromatic nitrogens is 1. The summed E-state index contributed by atoms with van der Waals surface area (Å²) in [5.74, 6) is -0.484. The van der Waals surface area contributed by atoms with E-state index < -0.39 is 5.97 Å². The van der Waals surface area contributed by atoms with Gasteiger partial charge in [-0.15, -0.1) is 11.3 Å². The summed E-state index contributed by atoms with van der Waals surface area (Å²) < 4.78 is 0. The monoisotopic (exact) mass is 325 g/mol. The second-order valence-electron chi connectivity index (χ2n) is 6.76. The van der Waals surface area contributed by atoms with E-state index in [9.17, 15) is 9.90 Å². The summed E-state index contributed by atoms with van der Waals surface area (Å²) in [6.45, 7) is 6.77. The Bertz CT molecular complexity index is 555. The molecule has 22 heavy (non-hydrogen) atoms. The number of oxime groups is 1. The molecule has 0 bridgehead atoms. The summed E-state index contributed by atoms with van der Waals surface area (Å²) in [7, 11) is 0. The largest absolute Gasteiger partial charge is 0.476 e. The molecule has 0 spiro atoms. The zero-order chi connectivity index (χ0) is 16.3. The number of nitrogens with zero attached hydrogens (tertiary/aromatic N) is 2. The van der Waals surface area contributed by atoms with Crippen LogP contribution in [0.3, 0.4) is 0 Å². The fraction of sp³-hybridized carbons (Fsp3) is 0.667. The minimum atomic E-state index is -1.16. The van der Waals surface area contributed by atoms with Gasteiger partial charge in [0.25, 0.3) is 0 Å². The Morgan fingerprint density at radius 1 is 1.41 bits per heavy atom. The number of carboxylic acid groups (broad SMARTS) is 1. The van der Waals surface area contributed by atoms with E-state index in [1.807, 2.05) is 0 Å². The fourth-order valence-electron chi connectivity index (χ4n) is 2.75. The second-order valence-corrected chi connectivity index (χ2v) is 7.65. The van der Waals surface area contributed by atoms with E-state index in [1.165, 1.54) is 11.3 Å². The van der Waals surface area contributed by atoms with E-state index in [4.69, 9.17) is 10.6 Å². The van der Waals surface area contributed by atoms with Crippen molar-refractivity contribution in [3.63, 3.8) is 0 Å². The first-order valence-electron chi connectivity index (χ1n) is 7.46. The standard InChI is InChI=1S/C15H23N3O3S/c1-15(2,3)9-4-6-10(7-5-9)21-18-12(13(19)20)11-8-22-14(16)17-11/h8-10H,4-7H2,1-3H3,(H2,16,17)(H,19,20)/t9-,10-. The Kier molecular flexibility index (Phi) is 5.05. The molecule has 0 radical (unpaired) electrons. The molecule has 1 heterocycles. The maximum absolute atomic E-state index is 11.3. The molecule has 0 saturated heterocycles. The van der Waals surface area contributed by atoms with Crippen LogP contribution in [0, 0.1) is 11.3 Å². The highest BCUT2D eigenvalue weighted by Gasteiger charge is 2.30. The summed E-state index contributed by atoms with van der Waals surface area (Å²) in [4.78, 5) is 20.7. The van der Waals surface area contributed by atoms with Crippen LogP contribution >= 0.6 is 11.3 Å². The molecule has 7 heteroatoms. The third kappa shape index (κ3) is 4.19. The van der Waals surface area contributed by atoms with Crippen molar-refractivity contribution in [3.05, 3.63) is 11.1 Å². The third-order valence-corrected chi connectivity index (χ3v) is 4.83. The molecule has 0 unspecified atom stereocenters. The van der Waals surface area contributed by atoms with E-state index >= 15 is 0 Å². The van der Waals surface area contributed by atoms with Crippen molar-refractivity contribution in [2.24, 2.45) is 16.5 Å². The number of anilines is 1. The van der Waals surface area contributed by atoms with Crippen LogP contribution < -0.4 is 5.73 Å². The topological polar surface area (TPSA) is 97.8 Å². The van der Waals surface area contributed by atoms with E-state index in [0.29, 0.717) is 16.5 Å². The predicted octanol–water partition coefficient (Wildman–Crippen LogP) is 3.14. The molecule has 0 atom stereocenters. The molecule has 122 valence electrons. The van der Waals surface area contributed by atoms with E-state index in [-0.39, 0.29) is 17.5 Å². The molecular formula is C15H23N3O3S. The number of rotatable bonds is 4. The first-order chi connectivity index (χ1) is 10.3. The van der Waals surface area contributed by atoms with Crippen LogP contribution in [-0.2, 0) is 9.63 Å². The average Bonchev–Trinajstić information content (AvgIpc) is 2.84. The number of hydrogen-bond acceptors (Lipinski definition) is 6. The van der Waals surface area contributed by atoms with Crippen LogP contribution in [-0.4, -0.2) is 27.9 Å². The van der Waals surface area contributed by atoms with Gasteiger partial charge in [-0.3, -0.25) is 0 Å². The molecule has 0 aromatic carbocycles. The maximum Gasteiger partial charge on any atom is 0.360 e. The van der Waals surface area contributed by atoms with Gasteiger partial charge in [0.05, 0.1) is 0 Å². The molecule has 2 rings (SSSR count). The lowest BCUT2D eigenvalue weighted by molar-refractivity contribution is -0.129. The SMILES string of the molecule is CC(C)(C)[C@H]1CC[C@H](ON=C(C(=O)O)c2csc(N)n2)CC1. The minimum absolute atomic E-state index is 0.0241. The number of hydrogen-bond donors (Lipinski definition) is 2. The van der Waals surface area contributed by atoms with E-state index in [0.717, 1.165) is 25.7 Å². The van der Waals surface area contributed by atoms with Gasteiger partial charge in [-0.05, 0) is 37.0 Å². The van der Waals surface area contributed by atoms with Crippen LogP contribution in [0.4, 0.5) is 5.13 Å². The predicted molar refractivity (Wildman–Crippen MR) is 87.0 cm³/mol. The molecule has 1 aliphatic carbocycles. The lowest BCUT2D eigenvalue weighted by Crippen LogP contribution is -2.29. The van der Waals surface area contributed by atoms with Gasteiger partial charge in [0, 0.05) is 5.38 Å². The molecule has 1 aromatic rings. The number of thiazole rings is 1. The molecule has 1 saturated carbocycles. The summed E-state index contributed by atoms with van der Waals surface area (Å²) >= 11 is 1.18. The van der Waals surface area contributed by atoms with Crippen molar-refractivity contribution in [3.8, 4) is 0 Å². The normalized spacial score (nSPS) is 23.3. The van der Waals surface area contributed by atoms with Gasteiger partial charge in [-0.1, -0.05) is 25.9 Å². The summed E-state index contributed by atoms with van der Waals surface area (Å²) in [5.41, 5.74) is 5.89. The van der Waals surface area contributed by atoms with Gasteiger partial charge in [0.1, 0.15) is 11.8 Å². The highest BCUT2D eigenvalue weighted by molar-refractivity contribution is 7.13. The van der Waals surface area contributed by atoms with Crippen molar-refractivity contribution in [1.82, 2.24) is 4.98 Å². The fourth-order valence-corrected chi connectivity index (χ4v) is 3.30. The number of aliphatic carboxylic acids is 1. The summed E-state index contributed by atoms with van der Waals surface area (Å²) in [5, 5.41) is 14.9. The molecule has 0 aliphatic heterocycles. The van der Waals surface area contributed by atoms with Crippen molar-refractivity contribution in [2.75, 3.05) is 5.73 Å². The highest BCUT2D eigenvalue weighted by Crippen LogP contribution is 2.38.